The maximum absolute atomic E-state index is 12.5. The summed E-state index contributed by atoms with van der Waals surface area (Å²) in [6.45, 7) is 4.03. The van der Waals surface area contributed by atoms with Crippen molar-refractivity contribution < 1.29 is 25.2 Å². The molecule has 0 rings (SSSR count). The van der Waals surface area contributed by atoms with Crippen LogP contribution in [0.1, 0.15) is 219 Å². The summed E-state index contributed by atoms with van der Waals surface area (Å²) in [5.74, 6) is -0.586. The highest BCUT2D eigenvalue weighted by Crippen LogP contribution is 2.16. The molecule has 1 amide bonds. The van der Waals surface area contributed by atoms with Gasteiger partial charge in [0.25, 0.3) is 0 Å². The summed E-state index contributed by atoms with van der Waals surface area (Å²) in [7, 11) is 0. The van der Waals surface area contributed by atoms with Gasteiger partial charge in [-0.3, -0.25) is 4.79 Å². The molecule has 4 atom stereocenters. The highest BCUT2D eigenvalue weighted by atomic mass is 16.3. The smallest absolute Gasteiger partial charge is 0.249 e. The Morgan fingerprint density at radius 1 is 0.500 bits per heavy atom. The first-order valence-electron chi connectivity index (χ1n) is 21.1. The molecule has 4 unspecified atom stereocenters. The number of rotatable bonds is 38. The zero-order chi connectivity index (χ0) is 35.3. The molecular formula is C42H83NO5. The van der Waals surface area contributed by atoms with Gasteiger partial charge in [0.05, 0.1) is 18.8 Å². The van der Waals surface area contributed by atoms with Crippen LogP contribution in [0.5, 0.6) is 0 Å². The minimum Gasteiger partial charge on any atom is -0.394 e. The standard InChI is InChI=1S/C42H83NO5/c1-3-5-7-9-11-13-15-17-19-20-22-23-25-27-29-31-33-35-39(45)41(47)38(37-44)43-42(48)40(46)36-34-32-30-28-26-24-21-18-16-14-12-10-8-6-4-2/h12,14,38-41,44-47H,3-11,13,15-37H2,1-2H3,(H,43,48). The Kier molecular flexibility index (Phi) is 36.6. The fourth-order valence-corrected chi connectivity index (χ4v) is 6.57. The third-order valence-corrected chi connectivity index (χ3v) is 9.98. The van der Waals surface area contributed by atoms with Crippen LogP contribution in [0.3, 0.4) is 0 Å². The molecule has 0 aliphatic heterocycles. The van der Waals surface area contributed by atoms with Gasteiger partial charge in [0.1, 0.15) is 12.2 Å². The first kappa shape index (κ1) is 47.0. The zero-order valence-electron chi connectivity index (χ0n) is 32.0. The second-order valence-corrected chi connectivity index (χ2v) is 14.7. The first-order chi connectivity index (χ1) is 23.5. The van der Waals surface area contributed by atoms with Crippen LogP contribution in [0.25, 0.3) is 0 Å². The van der Waals surface area contributed by atoms with Crippen molar-refractivity contribution in [2.75, 3.05) is 6.61 Å². The molecule has 6 heteroatoms. The van der Waals surface area contributed by atoms with Gasteiger partial charge < -0.3 is 25.7 Å². The van der Waals surface area contributed by atoms with Crippen molar-refractivity contribution in [3.8, 4) is 0 Å². The second-order valence-electron chi connectivity index (χ2n) is 14.7. The number of aliphatic hydroxyl groups excluding tert-OH is 4. The Labute approximate surface area is 298 Å². The van der Waals surface area contributed by atoms with E-state index >= 15 is 0 Å². The quantitative estimate of drug-likeness (QED) is 0.0329. The van der Waals surface area contributed by atoms with E-state index in [0.717, 1.165) is 38.5 Å². The third kappa shape index (κ3) is 31.1. The predicted molar refractivity (Wildman–Crippen MR) is 205 cm³/mol. The minimum absolute atomic E-state index is 0.368. The van der Waals surface area contributed by atoms with Crippen LogP contribution in [0.4, 0.5) is 0 Å². The van der Waals surface area contributed by atoms with Crippen LogP contribution in [0.2, 0.25) is 0 Å². The number of unbranched alkanes of at least 4 members (excludes halogenated alkanes) is 27. The Hall–Kier alpha value is -0.950. The van der Waals surface area contributed by atoms with Gasteiger partial charge in [-0.25, -0.2) is 0 Å². The average molecular weight is 682 g/mol. The van der Waals surface area contributed by atoms with Crippen LogP contribution in [-0.2, 0) is 4.79 Å². The van der Waals surface area contributed by atoms with Crippen LogP contribution in [0.15, 0.2) is 12.2 Å². The minimum atomic E-state index is -1.26. The lowest BCUT2D eigenvalue weighted by Gasteiger charge is -2.27. The number of aliphatic hydroxyl groups is 4. The fraction of sp³-hybridized carbons (Fsp3) is 0.929. The monoisotopic (exact) mass is 682 g/mol. The Morgan fingerprint density at radius 2 is 0.833 bits per heavy atom. The van der Waals surface area contributed by atoms with E-state index in [4.69, 9.17) is 0 Å². The van der Waals surface area contributed by atoms with E-state index < -0.39 is 36.9 Å². The van der Waals surface area contributed by atoms with Crippen molar-refractivity contribution in [1.29, 1.82) is 0 Å². The van der Waals surface area contributed by atoms with E-state index in [-0.39, 0.29) is 0 Å². The maximum atomic E-state index is 12.5. The molecule has 0 saturated carbocycles. The van der Waals surface area contributed by atoms with E-state index in [2.05, 4.69) is 31.3 Å². The summed E-state index contributed by atoms with van der Waals surface area (Å²) in [6.07, 6.45) is 39.4. The zero-order valence-corrected chi connectivity index (χ0v) is 32.0. The molecule has 0 bridgehead atoms. The maximum Gasteiger partial charge on any atom is 0.249 e. The highest BCUT2D eigenvalue weighted by Gasteiger charge is 2.28. The summed E-state index contributed by atoms with van der Waals surface area (Å²) in [4.78, 5) is 12.5. The summed E-state index contributed by atoms with van der Waals surface area (Å²) < 4.78 is 0. The van der Waals surface area contributed by atoms with Crippen LogP contribution < -0.4 is 5.32 Å². The molecule has 0 aliphatic carbocycles. The van der Waals surface area contributed by atoms with Gasteiger partial charge in [0.15, 0.2) is 0 Å². The molecule has 48 heavy (non-hydrogen) atoms. The van der Waals surface area contributed by atoms with Gasteiger partial charge in [-0.2, -0.15) is 0 Å². The van der Waals surface area contributed by atoms with Gasteiger partial charge in [-0.05, 0) is 38.5 Å². The molecule has 0 saturated heterocycles. The van der Waals surface area contributed by atoms with Gasteiger partial charge in [-0.1, -0.05) is 193 Å². The average Bonchev–Trinajstić information content (AvgIpc) is 3.09. The van der Waals surface area contributed by atoms with E-state index in [9.17, 15) is 25.2 Å². The van der Waals surface area contributed by atoms with E-state index in [1.165, 1.54) is 154 Å². The van der Waals surface area contributed by atoms with Crippen molar-refractivity contribution in [2.45, 2.75) is 244 Å². The van der Waals surface area contributed by atoms with E-state index in [0.29, 0.717) is 12.8 Å². The fourth-order valence-electron chi connectivity index (χ4n) is 6.57. The summed E-state index contributed by atoms with van der Waals surface area (Å²) in [6, 6.07) is -0.982. The number of carbonyl (C=O) groups is 1. The largest absolute Gasteiger partial charge is 0.394 e. The molecule has 0 aliphatic rings. The third-order valence-electron chi connectivity index (χ3n) is 9.98. The lowest BCUT2D eigenvalue weighted by atomic mass is 9.99. The number of amides is 1. The molecule has 0 aromatic carbocycles. The van der Waals surface area contributed by atoms with Gasteiger partial charge in [0, 0.05) is 0 Å². The first-order valence-corrected chi connectivity index (χ1v) is 21.1. The second kappa shape index (κ2) is 37.3. The lowest BCUT2D eigenvalue weighted by Crippen LogP contribution is -2.53. The van der Waals surface area contributed by atoms with Crippen molar-refractivity contribution in [3.63, 3.8) is 0 Å². The normalized spacial score (nSPS) is 14.4. The van der Waals surface area contributed by atoms with Crippen LogP contribution in [-0.4, -0.2) is 57.3 Å². The number of carbonyl (C=O) groups excluding carboxylic acids is 1. The Balaban J connectivity index is 3.74. The Bertz CT molecular complexity index is 687. The summed E-state index contributed by atoms with van der Waals surface area (Å²) >= 11 is 0. The molecule has 5 N–H and O–H groups in total. The van der Waals surface area contributed by atoms with Crippen molar-refractivity contribution in [2.24, 2.45) is 0 Å². The molecule has 0 radical (unpaired) electrons. The molecule has 0 heterocycles. The molecule has 286 valence electrons. The van der Waals surface area contributed by atoms with Crippen LogP contribution in [0, 0.1) is 0 Å². The highest BCUT2D eigenvalue weighted by molar-refractivity contribution is 5.80. The number of nitrogens with one attached hydrogen (secondary N) is 1. The molecule has 0 aromatic rings. The SMILES string of the molecule is CCCCCC=CCCCCCCCCCCC(O)C(=O)NC(CO)C(O)C(O)CCCCCCCCCCCCCCCCCCC. The molecular weight excluding hydrogens is 598 g/mol. The predicted octanol–water partition coefficient (Wildman–Crippen LogP) is 10.6. The van der Waals surface area contributed by atoms with Crippen molar-refractivity contribution in [1.82, 2.24) is 5.32 Å². The van der Waals surface area contributed by atoms with Gasteiger partial charge in [-0.15, -0.1) is 0 Å². The molecule has 0 spiro atoms. The van der Waals surface area contributed by atoms with Crippen molar-refractivity contribution in [3.05, 3.63) is 12.2 Å². The van der Waals surface area contributed by atoms with Gasteiger partial charge in [0.2, 0.25) is 5.91 Å². The topological polar surface area (TPSA) is 110 Å². The number of hydrogen-bond donors (Lipinski definition) is 5. The van der Waals surface area contributed by atoms with Gasteiger partial charge >= 0.3 is 0 Å². The number of hydrogen-bond acceptors (Lipinski definition) is 5. The Morgan fingerprint density at radius 3 is 1.25 bits per heavy atom. The van der Waals surface area contributed by atoms with Crippen molar-refractivity contribution >= 4 is 5.91 Å². The van der Waals surface area contributed by atoms with E-state index in [1.807, 2.05) is 0 Å². The molecule has 6 nitrogen and oxygen atoms in total. The van der Waals surface area contributed by atoms with Crippen LogP contribution >= 0.6 is 0 Å². The van der Waals surface area contributed by atoms with E-state index in [1.54, 1.807) is 0 Å². The molecule has 0 aromatic heterocycles. The molecule has 0 fully saturated rings. The summed E-state index contributed by atoms with van der Waals surface area (Å²) in [5, 5.41) is 43.6. The lowest BCUT2D eigenvalue weighted by molar-refractivity contribution is -0.132. The number of allylic oxidation sites excluding steroid dienone is 2. The summed E-state index contributed by atoms with van der Waals surface area (Å²) in [5.41, 5.74) is 0.